The standard InChI is InChI=1S/C19H19Cl2N3O4S2/c1-30(26,27)24(16-7-14(20)6-15(21)8-16)10-19(25)23-22-9-13-3-2-4-17(5-13)28-18-11-29-12-18/h2-9,18H,10-12H2,1H3,(H,23,25)/b22-9-. The summed E-state index contributed by atoms with van der Waals surface area (Å²) in [7, 11) is -3.75. The predicted molar refractivity (Wildman–Crippen MR) is 123 cm³/mol. The van der Waals surface area contributed by atoms with E-state index in [0.717, 1.165) is 33.4 Å². The van der Waals surface area contributed by atoms with Crippen LogP contribution in [0, 0.1) is 0 Å². The van der Waals surface area contributed by atoms with Crippen molar-refractivity contribution in [3.63, 3.8) is 0 Å². The average Bonchev–Trinajstić information content (AvgIpc) is 2.61. The number of sulfonamides is 1. The molecule has 1 saturated heterocycles. The molecule has 0 aliphatic carbocycles. The van der Waals surface area contributed by atoms with Crippen molar-refractivity contribution in [2.75, 3.05) is 28.6 Å². The number of hydrogen-bond acceptors (Lipinski definition) is 6. The van der Waals surface area contributed by atoms with Crippen LogP contribution in [0.1, 0.15) is 5.56 Å². The highest BCUT2D eigenvalue weighted by molar-refractivity contribution is 8.00. The van der Waals surface area contributed by atoms with Gasteiger partial charge >= 0.3 is 0 Å². The van der Waals surface area contributed by atoms with E-state index < -0.39 is 22.5 Å². The fraction of sp³-hybridized carbons (Fsp3) is 0.263. The molecule has 11 heteroatoms. The maximum absolute atomic E-state index is 12.3. The summed E-state index contributed by atoms with van der Waals surface area (Å²) in [4.78, 5) is 12.3. The second-order valence-electron chi connectivity index (χ2n) is 6.54. The van der Waals surface area contributed by atoms with Gasteiger partial charge in [-0.15, -0.1) is 0 Å². The number of amides is 1. The highest BCUT2D eigenvalue weighted by atomic mass is 35.5. The van der Waals surface area contributed by atoms with Crippen LogP contribution in [0.5, 0.6) is 5.75 Å². The third kappa shape index (κ3) is 6.53. The number of carbonyl (C=O) groups is 1. The number of nitrogens with zero attached hydrogens (tertiary/aromatic N) is 2. The van der Waals surface area contributed by atoms with E-state index >= 15 is 0 Å². The van der Waals surface area contributed by atoms with E-state index in [1.54, 1.807) is 0 Å². The summed E-state index contributed by atoms with van der Waals surface area (Å²) in [6, 6.07) is 11.6. The monoisotopic (exact) mass is 487 g/mol. The van der Waals surface area contributed by atoms with Crippen LogP contribution >= 0.6 is 35.0 Å². The smallest absolute Gasteiger partial charge is 0.260 e. The van der Waals surface area contributed by atoms with Gasteiger partial charge in [-0.3, -0.25) is 9.10 Å². The molecule has 0 bridgehead atoms. The Morgan fingerprint density at radius 1 is 1.27 bits per heavy atom. The molecular weight excluding hydrogens is 469 g/mol. The van der Waals surface area contributed by atoms with Gasteiger partial charge in [0.25, 0.3) is 5.91 Å². The van der Waals surface area contributed by atoms with Crippen molar-refractivity contribution in [1.29, 1.82) is 0 Å². The third-order valence-corrected chi connectivity index (χ3v) is 6.79. The minimum Gasteiger partial charge on any atom is -0.489 e. The van der Waals surface area contributed by atoms with Crippen molar-refractivity contribution in [1.82, 2.24) is 5.43 Å². The molecule has 1 amide bonds. The molecule has 160 valence electrons. The quantitative estimate of drug-likeness (QED) is 0.455. The van der Waals surface area contributed by atoms with Crippen LogP contribution < -0.4 is 14.5 Å². The third-order valence-electron chi connectivity index (χ3n) is 3.99. The number of hydrazone groups is 1. The largest absolute Gasteiger partial charge is 0.489 e. The van der Waals surface area contributed by atoms with Gasteiger partial charge in [-0.25, -0.2) is 13.8 Å². The van der Waals surface area contributed by atoms with Crippen molar-refractivity contribution in [2.45, 2.75) is 6.10 Å². The zero-order chi connectivity index (χ0) is 21.7. The number of benzene rings is 2. The zero-order valence-corrected chi connectivity index (χ0v) is 19.1. The minimum absolute atomic E-state index is 0.188. The molecule has 1 fully saturated rings. The van der Waals surface area contributed by atoms with E-state index in [0.29, 0.717) is 0 Å². The van der Waals surface area contributed by atoms with Gasteiger partial charge in [0.05, 0.1) is 18.2 Å². The highest BCUT2D eigenvalue weighted by Gasteiger charge is 2.22. The first kappa shape index (κ1) is 22.7. The van der Waals surface area contributed by atoms with E-state index in [9.17, 15) is 13.2 Å². The van der Waals surface area contributed by atoms with Crippen LogP contribution in [0.25, 0.3) is 0 Å². The van der Waals surface area contributed by atoms with Crippen LogP contribution in [-0.2, 0) is 14.8 Å². The lowest BCUT2D eigenvalue weighted by molar-refractivity contribution is -0.119. The Balaban J connectivity index is 1.63. The van der Waals surface area contributed by atoms with Crippen molar-refractivity contribution in [3.05, 3.63) is 58.1 Å². The number of carbonyl (C=O) groups excluding carboxylic acids is 1. The predicted octanol–water partition coefficient (Wildman–Crippen LogP) is 3.40. The number of anilines is 1. The van der Waals surface area contributed by atoms with Crippen LogP contribution in [-0.4, -0.2) is 50.9 Å². The van der Waals surface area contributed by atoms with Gasteiger partial charge in [-0.1, -0.05) is 35.3 Å². The summed E-state index contributed by atoms with van der Waals surface area (Å²) in [6.45, 7) is -0.477. The Kier molecular flexibility index (Phi) is 7.51. The van der Waals surface area contributed by atoms with Gasteiger partial charge < -0.3 is 4.74 Å². The summed E-state index contributed by atoms with van der Waals surface area (Å²) in [6.07, 6.45) is 2.68. The summed E-state index contributed by atoms with van der Waals surface area (Å²) < 4.78 is 31.0. The lowest BCUT2D eigenvalue weighted by atomic mass is 10.2. The molecule has 30 heavy (non-hydrogen) atoms. The van der Waals surface area contributed by atoms with Crippen LogP contribution in [0.4, 0.5) is 5.69 Å². The Labute approximate surface area is 189 Å². The molecule has 1 N–H and O–H groups in total. The maximum atomic E-state index is 12.3. The maximum Gasteiger partial charge on any atom is 0.260 e. The van der Waals surface area contributed by atoms with Crippen LogP contribution in [0.2, 0.25) is 10.0 Å². The van der Waals surface area contributed by atoms with Gasteiger partial charge in [-0.2, -0.15) is 16.9 Å². The average molecular weight is 488 g/mol. The van der Waals surface area contributed by atoms with Crippen molar-refractivity contribution in [3.8, 4) is 5.75 Å². The van der Waals surface area contributed by atoms with E-state index in [1.165, 1.54) is 24.4 Å². The van der Waals surface area contributed by atoms with Gasteiger partial charge in [0, 0.05) is 21.6 Å². The second-order valence-corrected chi connectivity index (χ2v) is 10.4. The highest BCUT2D eigenvalue weighted by Crippen LogP contribution is 2.27. The van der Waals surface area contributed by atoms with E-state index in [2.05, 4.69) is 10.5 Å². The topological polar surface area (TPSA) is 88.1 Å². The molecule has 0 spiro atoms. The van der Waals surface area contributed by atoms with Crippen LogP contribution in [0.3, 0.4) is 0 Å². The fourth-order valence-corrected chi connectivity index (χ4v) is 4.49. The van der Waals surface area contributed by atoms with Gasteiger partial charge in [0.2, 0.25) is 10.0 Å². The first-order chi connectivity index (χ1) is 14.2. The Morgan fingerprint density at radius 3 is 2.57 bits per heavy atom. The van der Waals surface area contributed by atoms with Crippen LogP contribution in [0.15, 0.2) is 47.6 Å². The first-order valence-corrected chi connectivity index (χ1v) is 12.6. The molecule has 2 aromatic rings. The molecule has 2 aromatic carbocycles. The van der Waals surface area contributed by atoms with E-state index in [4.69, 9.17) is 27.9 Å². The number of halogens is 2. The van der Waals surface area contributed by atoms with E-state index in [1.807, 2.05) is 36.0 Å². The number of thioether (sulfide) groups is 1. The van der Waals surface area contributed by atoms with Crippen molar-refractivity contribution >= 4 is 62.8 Å². The minimum atomic E-state index is -3.75. The molecule has 0 radical (unpaired) electrons. The molecule has 0 saturated carbocycles. The van der Waals surface area contributed by atoms with Crippen molar-refractivity contribution < 1.29 is 17.9 Å². The molecule has 0 atom stereocenters. The van der Waals surface area contributed by atoms with Gasteiger partial charge in [0.15, 0.2) is 0 Å². The van der Waals surface area contributed by atoms with Gasteiger partial charge in [0.1, 0.15) is 18.4 Å². The van der Waals surface area contributed by atoms with Gasteiger partial charge in [-0.05, 0) is 35.9 Å². The summed E-state index contributed by atoms with van der Waals surface area (Å²) in [5.74, 6) is 2.06. The number of ether oxygens (including phenoxy) is 1. The Hall–Kier alpha value is -1.94. The van der Waals surface area contributed by atoms with E-state index in [-0.39, 0.29) is 21.8 Å². The number of rotatable bonds is 8. The Bertz CT molecular complexity index is 1040. The molecule has 1 heterocycles. The molecular formula is C19H19Cl2N3O4S2. The number of hydrogen-bond donors (Lipinski definition) is 1. The van der Waals surface area contributed by atoms with Crippen molar-refractivity contribution in [2.24, 2.45) is 5.10 Å². The summed E-state index contributed by atoms with van der Waals surface area (Å²) >= 11 is 13.7. The zero-order valence-electron chi connectivity index (χ0n) is 15.9. The summed E-state index contributed by atoms with van der Waals surface area (Å²) in [5.41, 5.74) is 3.26. The fourth-order valence-electron chi connectivity index (χ4n) is 2.57. The first-order valence-electron chi connectivity index (χ1n) is 8.81. The molecule has 3 rings (SSSR count). The molecule has 1 aliphatic heterocycles. The molecule has 1 aliphatic rings. The molecule has 0 unspecified atom stereocenters. The SMILES string of the molecule is CS(=O)(=O)N(CC(=O)N/N=C\c1cccc(OC2CSC2)c1)c1cc(Cl)cc(Cl)c1. The lowest BCUT2D eigenvalue weighted by Gasteiger charge is -2.25. The molecule has 0 aromatic heterocycles. The summed E-state index contributed by atoms with van der Waals surface area (Å²) in [5, 5.41) is 4.42. The number of nitrogens with one attached hydrogen (secondary N) is 1. The second kappa shape index (κ2) is 9.91. The normalized spacial score (nSPS) is 14.4. The lowest BCUT2D eigenvalue weighted by Crippen LogP contribution is -2.39. The Morgan fingerprint density at radius 2 is 1.97 bits per heavy atom. The molecule has 7 nitrogen and oxygen atoms in total.